The van der Waals surface area contributed by atoms with E-state index < -0.39 is 5.41 Å². The predicted octanol–water partition coefficient (Wildman–Crippen LogP) is 4.21. The van der Waals surface area contributed by atoms with E-state index in [4.69, 9.17) is 5.73 Å². The van der Waals surface area contributed by atoms with E-state index in [1.165, 1.54) is 10.4 Å². The van der Waals surface area contributed by atoms with Crippen molar-refractivity contribution < 1.29 is 9.59 Å². The number of rotatable bonds is 6. The first-order chi connectivity index (χ1) is 14.4. The Hall–Kier alpha value is -2.92. The van der Waals surface area contributed by atoms with E-state index in [0.717, 1.165) is 16.7 Å². The van der Waals surface area contributed by atoms with Crippen LogP contribution in [0, 0.1) is 12.3 Å². The highest BCUT2D eigenvalue weighted by Crippen LogP contribution is 2.35. The third-order valence-electron chi connectivity index (χ3n) is 5.97. The van der Waals surface area contributed by atoms with Crippen LogP contribution in [-0.4, -0.2) is 29.8 Å². The summed E-state index contributed by atoms with van der Waals surface area (Å²) in [4.78, 5) is 28.3. The highest BCUT2D eigenvalue weighted by Gasteiger charge is 2.44. The molecule has 1 atom stereocenters. The Labute approximate surface area is 181 Å². The Morgan fingerprint density at radius 3 is 2.53 bits per heavy atom. The second kappa shape index (κ2) is 8.44. The third-order valence-corrected chi connectivity index (χ3v) is 6.89. The van der Waals surface area contributed by atoms with Crippen LogP contribution in [0.1, 0.15) is 23.1 Å². The van der Waals surface area contributed by atoms with Crippen LogP contribution in [0.2, 0.25) is 0 Å². The van der Waals surface area contributed by atoms with Gasteiger partial charge < -0.3 is 10.6 Å². The van der Waals surface area contributed by atoms with E-state index in [1.54, 1.807) is 16.2 Å². The predicted molar refractivity (Wildman–Crippen MR) is 121 cm³/mol. The fourth-order valence-corrected chi connectivity index (χ4v) is 4.98. The molecule has 4 rings (SSSR count). The zero-order valence-electron chi connectivity index (χ0n) is 17.1. The van der Waals surface area contributed by atoms with Crippen LogP contribution in [0.4, 0.5) is 0 Å². The number of thiophene rings is 1. The molecule has 2 heterocycles. The van der Waals surface area contributed by atoms with Crippen molar-refractivity contribution in [3.05, 3.63) is 82.7 Å². The number of hydrogen-bond acceptors (Lipinski definition) is 3. The van der Waals surface area contributed by atoms with Gasteiger partial charge in [-0.3, -0.25) is 9.59 Å². The summed E-state index contributed by atoms with van der Waals surface area (Å²) in [6, 6.07) is 20.4. The SMILES string of the molecule is Cc1cccc(CC(=O)N2CC[C@](Cc3ccc(-c4cccs4)cc3)(C(N)=O)C2)c1. The lowest BCUT2D eigenvalue weighted by atomic mass is 9.80. The topological polar surface area (TPSA) is 63.4 Å². The summed E-state index contributed by atoms with van der Waals surface area (Å²) < 4.78 is 0. The number of carbonyl (C=O) groups is 2. The standard InChI is InChI=1S/C25H26N2O2S/c1-18-4-2-5-20(14-18)15-23(28)27-12-11-25(17-27,24(26)29)16-19-7-9-21(10-8-19)22-6-3-13-30-22/h2-10,13-14H,11-12,15-17H2,1H3,(H2,26,29)/t25-/m1/s1. The van der Waals surface area contributed by atoms with Gasteiger partial charge in [0.2, 0.25) is 11.8 Å². The Morgan fingerprint density at radius 2 is 1.87 bits per heavy atom. The summed E-state index contributed by atoms with van der Waals surface area (Å²) in [5, 5.41) is 2.06. The minimum Gasteiger partial charge on any atom is -0.369 e. The molecule has 0 radical (unpaired) electrons. The quantitative estimate of drug-likeness (QED) is 0.652. The van der Waals surface area contributed by atoms with Crippen molar-refractivity contribution in [1.82, 2.24) is 4.90 Å². The normalized spacial score (nSPS) is 18.5. The van der Waals surface area contributed by atoms with Gasteiger partial charge in [0.25, 0.3) is 0 Å². The second-order valence-electron chi connectivity index (χ2n) is 8.23. The molecule has 3 aromatic rings. The number of nitrogens with zero attached hydrogens (tertiary/aromatic N) is 1. The Kier molecular flexibility index (Phi) is 5.73. The molecule has 0 spiro atoms. The number of likely N-dealkylation sites (tertiary alicyclic amines) is 1. The molecule has 1 aliphatic heterocycles. The van der Waals surface area contributed by atoms with E-state index in [2.05, 4.69) is 35.7 Å². The zero-order valence-corrected chi connectivity index (χ0v) is 18.0. The van der Waals surface area contributed by atoms with E-state index >= 15 is 0 Å². The van der Waals surface area contributed by atoms with Gasteiger partial charge in [-0.05, 0) is 47.9 Å². The molecule has 1 saturated heterocycles. The van der Waals surface area contributed by atoms with Crippen molar-refractivity contribution in [2.75, 3.05) is 13.1 Å². The second-order valence-corrected chi connectivity index (χ2v) is 9.17. The average Bonchev–Trinajstić information content (AvgIpc) is 3.40. The lowest BCUT2D eigenvalue weighted by Crippen LogP contribution is -2.42. The molecular weight excluding hydrogens is 392 g/mol. The first-order valence-corrected chi connectivity index (χ1v) is 11.1. The highest BCUT2D eigenvalue weighted by atomic mass is 32.1. The number of benzene rings is 2. The summed E-state index contributed by atoms with van der Waals surface area (Å²) in [6.07, 6.45) is 1.52. The minimum absolute atomic E-state index is 0.0526. The van der Waals surface area contributed by atoms with Crippen LogP contribution >= 0.6 is 11.3 Å². The van der Waals surface area contributed by atoms with Gasteiger partial charge in [0.1, 0.15) is 0 Å². The molecule has 0 saturated carbocycles. The Bertz CT molecular complexity index is 1040. The molecule has 2 aromatic carbocycles. The third kappa shape index (κ3) is 4.31. The van der Waals surface area contributed by atoms with Crippen molar-refractivity contribution in [3.8, 4) is 10.4 Å². The van der Waals surface area contributed by atoms with Crippen LogP contribution in [0.25, 0.3) is 10.4 Å². The maximum Gasteiger partial charge on any atom is 0.227 e. The monoisotopic (exact) mass is 418 g/mol. The van der Waals surface area contributed by atoms with Crippen molar-refractivity contribution in [2.24, 2.45) is 11.1 Å². The molecule has 4 nitrogen and oxygen atoms in total. The van der Waals surface area contributed by atoms with Gasteiger partial charge in [0.05, 0.1) is 11.8 Å². The van der Waals surface area contributed by atoms with Gasteiger partial charge in [-0.1, -0.05) is 60.2 Å². The maximum atomic E-state index is 12.8. The van der Waals surface area contributed by atoms with Crippen molar-refractivity contribution >= 4 is 23.2 Å². The van der Waals surface area contributed by atoms with E-state index in [9.17, 15) is 9.59 Å². The number of carbonyl (C=O) groups excluding carboxylic acids is 2. The van der Waals surface area contributed by atoms with Gasteiger partial charge in [0, 0.05) is 18.0 Å². The van der Waals surface area contributed by atoms with Crippen LogP contribution < -0.4 is 5.73 Å². The van der Waals surface area contributed by atoms with Crippen molar-refractivity contribution in [2.45, 2.75) is 26.2 Å². The van der Waals surface area contributed by atoms with Crippen molar-refractivity contribution in [1.29, 1.82) is 0 Å². The summed E-state index contributed by atoms with van der Waals surface area (Å²) in [5.74, 6) is -0.271. The van der Waals surface area contributed by atoms with Crippen LogP contribution in [0.5, 0.6) is 0 Å². The molecule has 1 aliphatic rings. The van der Waals surface area contributed by atoms with Gasteiger partial charge in [-0.2, -0.15) is 0 Å². The molecule has 154 valence electrons. The van der Waals surface area contributed by atoms with Gasteiger partial charge in [-0.15, -0.1) is 11.3 Å². The zero-order chi connectivity index (χ0) is 21.1. The Balaban J connectivity index is 1.46. The van der Waals surface area contributed by atoms with Crippen LogP contribution in [-0.2, 0) is 22.4 Å². The molecule has 5 heteroatoms. The van der Waals surface area contributed by atoms with Crippen molar-refractivity contribution in [3.63, 3.8) is 0 Å². The molecule has 1 aromatic heterocycles. The maximum absolute atomic E-state index is 12.8. The fraction of sp³-hybridized carbons (Fsp3) is 0.280. The van der Waals surface area contributed by atoms with Gasteiger partial charge >= 0.3 is 0 Å². The largest absolute Gasteiger partial charge is 0.369 e. The molecule has 0 unspecified atom stereocenters. The number of hydrogen-bond donors (Lipinski definition) is 1. The molecule has 0 aliphatic carbocycles. The molecular formula is C25H26N2O2S. The lowest BCUT2D eigenvalue weighted by Gasteiger charge is -2.26. The average molecular weight is 419 g/mol. The smallest absolute Gasteiger partial charge is 0.227 e. The first kappa shape index (κ1) is 20.4. The fourth-order valence-electron chi connectivity index (χ4n) is 4.25. The summed E-state index contributed by atoms with van der Waals surface area (Å²) in [7, 11) is 0. The molecule has 1 fully saturated rings. The summed E-state index contributed by atoms with van der Waals surface area (Å²) in [5.41, 5.74) is 9.53. The first-order valence-electron chi connectivity index (χ1n) is 10.2. The molecule has 30 heavy (non-hydrogen) atoms. The van der Waals surface area contributed by atoms with E-state index in [-0.39, 0.29) is 11.8 Å². The lowest BCUT2D eigenvalue weighted by molar-refractivity contribution is -0.131. The molecule has 2 N–H and O–H groups in total. The van der Waals surface area contributed by atoms with Gasteiger partial charge in [-0.25, -0.2) is 0 Å². The number of amides is 2. The highest BCUT2D eigenvalue weighted by molar-refractivity contribution is 7.13. The minimum atomic E-state index is -0.702. The van der Waals surface area contributed by atoms with E-state index in [0.29, 0.717) is 32.4 Å². The van der Waals surface area contributed by atoms with Crippen LogP contribution in [0.3, 0.4) is 0 Å². The summed E-state index contributed by atoms with van der Waals surface area (Å²) >= 11 is 1.71. The molecule has 2 amide bonds. The van der Waals surface area contributed by atoms with Crippen LogP contribution in [0.15, 0.2) is 66.0 Å². The number of nitrogens with two attached hydrogens (primary N) is 1. The number of aryl methyl sites for hydroxylation is 1. The Morgan fingerprint density at radius 1 is 1.07 bits per heavy atom. The van der Waals surface area contributed by atoms with Gasteiger partial charge in [0.15, 0.2) is 0 Å². The molecule has 0 bridgehead atoms. The number of primary amides is 1. The summed E-state index contributed by atoms with van der Waals surface area (Å²) in [6.45, 7) is 2.98. The van der Waals surface area contributed by atoms with E-state index in [1.807, 2.05) is 37.3 Å².